The second-order valence-electron chi connectivity index (χ2n) is 5.76. The first-order valence-electron chi connectivity index (χ1n) is 6.84. The predicted octanol–water partition coefficient (Wildman–Crippen LogP) is 4.76. The number of hydrogen-bond acceptors (Lipinski definition) is 1. The van der Waals surface area contributed by atoms with Crippen molar-refractivity contribution in [3.05, 3.63) is 29.8 Å². The van der Waals surface area contributed by atoms with E-state index in [1.807, 2.05) is 6.92 Å². The minimum absolute atomic E-state index is 0.0149. The number of fused-ring (bicyclic) bond motifs is 1. The summed E-state index contributed by atoms with van der Waals surface area (Å²) in [7, 11) is 0. The van der Waals surface area contributed by atoms with Crippen molar-refractivity contribution in [3.8, 4) is 0 Å². The first kappa shape index (κ1) is 12.9. The zero-order chi connectivity index (χ0) is 13.6. The van der Waals surface area contributed by atoms with E-state index < -0.39 is 0 Å². The third kappa shape index (κ3) is 2.04. The van der Waals surface area contributed by atoms with Gasteiger partial charge in [0, 0.05) is 5.54 Å². The van der Waals surface area contributed by atoms with Crippen molar-refractivity contribution < 1.29 is 4.39 Å². The molecule has 0 bridgehead atoms. The van der Waals surface area contributed by atoms with E-state index in [0.717, 1.165) is 29.7 Å². The van der Waals surface area contributed by atoms with Gasteiger partial charge >= 0.3 is 0 Å². The SMILES string of the molecule is CC(Cl)c1nc2ccc(F)cc2n1C1(C)CCCC1. The lowest BCUT2D eigenvalue weighted by Gasteiger charge is -2.29. The van der Waals surface area contributed by atoms with E-state index in [9.17, 15) is 4.39 Å². The van der Waals surface area contributed by atoms with Crippen LogP contribution < -0.4 is 0 Å². The maximum atomic E-state index is 13.6. The Morgan fingerprint density at radius 3 is 2.68 bits per heavy atom. The van der Waals surface area contributed by atoms with Crippen molar-refractivity contribution in [3.63, 3.8) is 0 Å². The number of aromatic nitrogens is 2. The van der Waals surface area contributed by atoms with E-state index in [2.05, 4.69) is 16.5 Å². The molecule has 19 heavy (non-hydrogen) atoms. The summed E-state index contributed by atoms with van der Waals surface area (Å²) in [4.78, 5) is 4.61. The first-order chi connectivity index (χ1) is 9.01. The molecule has 1 heterocycles. The highest BCUT2D eigenvalue weighted by Crippen LogP contribution is 2.41. The predicted molar refractivity (Wildman–Crippen MR) is 76.1 cm³/mol. The Hall–Kier alpha value is -1.09. The lowest BCUT2D eigenvalue weighted by Crippen LogP contribution is -2.28. The van der Waals surface area contributed by atoms with E-state index in [-0.39, 0.29) is 16.7 Å². The van der Waals surface area contributed by atoms with Gasteiger partial charge in [0.1, 0.15) is 11.6 Å². The molecule has 0 spiro atoms. The van der Waals surface area contributed by atoms with Gasteiger partial charge in [-0.3, -0.25) is 0 Å². The Morgan fingerprint density at radius 2 is 2.05 bits per heavy atom. The van der Waals surface area contributed by atoms with Gasteiger partial charge in [-0.2, -0.15) is 0 Å². The van der Waals surface area contributed by atoms with Crippen LogP contribution >= 0.6 is 11.6 Å². The Kier molecular flexibility index (Phi) is 3.05. The van der Waals surface area contributed by atoms with Gasteiger partial charge < -0.3 is 4.57 Å². The maximum absolute atomic E-state index is 13.6. The van der Waals surface area contributed by atoms with Crippen molar-refractivity contribution in [1.82, 2.24) is 9.55 Å². The largest absolute Gasteiger partial charge is 0.321 e. The summed E-state index contributed by atoms with van der Waals surface area (Å²) in [6.07, 6.45) is 4.63. The smallest absolute Gasteiger partial charge is 0.128 e. The fraction of sp³-hybridized carbons (Fsp3) is 0.533. The topological polar surface area (TPSA) is 17.8 Å². The summed E-state index contributed by atoms with van der Waals surface area (Å²) in [5.74, 6) is 0.635. The van der Waals surface area contributed by atoms with Crippen LogP contribution in [0.1, 0.15) is 50.7 Å². The fourth-order valence-corrected chi connectivity index (χ4v) is 3.41. The van der Waals surface area contributed by atoms with Crippen molar-refractivity contribution in [2.24, 2.45) is 0 Å². The van der Waals surface area contributed by atoms with Crippen LogP contribution in [0.5, 0.6) is 0 Å². The summed E-state index contributed by atoms with van der Waals surface area (Å²) < 4.78 is 15.7. The lowest BCUT2D eigenvalue weighted by atomic mass is 9.99. The number of halogens is 2. The van der Waals surface area contributed by atoms with Crippen LogP contribution in [-0.4, -0.2) is 9.55 Å². The minimum Gasteiger partial charge on any atom is -0.321 e. The van der Waals surface area contributed by atoms with Gasteiger partial charge in [0.15, 0.2) is 0 Å². The standard InChI is InChI=1S/C15H18ClFN2/c1-10(16)14-18-12-6-5-11(17)9-13(12)19(14)15(2)7-3-4-8-15/h5-6,9-10H,3-4,7-8H2,1-2H3. The summed E-state index contributed by atoms with van der Waals surface area (Å²) in [6, 6.07) is 4.77. The molecule has 0 radical (unpaired) electrons. The van der Waals surface area contributed by atoms with Crippen LogP contribution in [0, 0.1) is 5.82 Å². The highest BCUT2D eigenvalue weighted by Gasteiger charge is 2.34. The third-order valence-electron chi connectivity index (χ3n) is 4.22. The zero-order valence-electron chi connectivity index (χ0n) is 11.3. The normalized spacial score (nSPS) is 20.0. The molecule has 2 nitrogen and oxygen atoms in total. The van der Waals surface area contributed by atoms with E-state index in [1.165, 1.54) is 18.9 Å². The highest BCUT2D eigenvalue weighted by molar-refractivity contribution is 6.20. The summed E-state index contributed by atoms with van der Waals surface area (Å²) in [5, 5.41) is -0.173. The first-order valence-corrected chi connectivity index (χ1v) is 7.27. The van der Waals surface area contributed by atoms with Crippen molar-refractivity contribution in [1.29, 1.82) is 0 Å². The van der Waals surface area contributed by atoms with Crippen molar-refractivity contribution in [2.45, 2.75) is 50.4 Å². The molecule has 3 rings (SSSR count). The molecule has 2 aromatic rings. The molecule has 1 aliphatic rings. The van der Waals surface area contributed by atoms with Crippen molar-refractivity contribution >= 4 is 22.6 Å². The molecule has 1 aromatic carbocycles. The van der Waals surface area contributed by atoms with Gasteiger partial charge in [-0.05, 0) is 44.9 Å². The van der Waals surface area contributed by atoms with E-state index in [4.69, 9.17) is 11.6 Å². The lowest BCUT2D eigenvalue weighted by molar-refractivity contribution is 0.328. The minimum atomic E-state index is -0.218. The van der Waals surface area contributed by atoms with E-state index in [0.29, 0.717) is 0 Å². The average Bonchev–Trinajstić information content (AvgIpc) is 2.93. The molecule has 4 heteroatoms. The molecule has 0 amide bonds. The van der Waals surface area contributed by atoms with Gasteiger partial charge in [0.2, 0.25) is 0 Å². The van der Waals surface area contributed by atoms with Crippen LogP contribution in [-0.2, 0) is 5.54 Å². The molecule has 1 aromatic heterocycles. The number of imidazole rings is 1. The van der Waals surface area contributed by atoms with Crippen LogP contribution in [0.25, 0.3) is 11.0 Å². The van der Waals surface area contributed by atoms with Gasteiger partial charge in [0.25, 0.3) is 0 Å². The molecule has 1 unspecified atom stereocenters. The number of alkyl halides is 1. The Labute approximate surface area is 117 Å². The molecular formula is C15H18ClFN2. The number of benzene rings is 1. The van der Waals surface area contributed by atoms with Crippen LogP contribution in [0.3, 0.4) is 0 Å². The van der Waals surface area contributed by atoms with Gasteiger partial charge in [-0.25, -0.2) is 9.37 Å². The van der Waals surface area contributed by atoms with E-state index in [1.54, 1.807) is 12.1 Å². The van der Waals surface area contributed by atoms with Crippen molar-refractivity contribution in [2.75, 3.05) is 0 Å². The van der Waals surface area contributed by atoms with E-state index >= 15 is 0 Å². The maximum Gasteiger partial charge on any atom is 0.128 e. The molecule has 1 fully saturated rings. The quantitative estimate of drug-likeness (QED) is 0.725. The molecular weight excluding hydrogens is 263 g/mol. The zero-order valence-corrected chi connectivity index (χ0v) is 12.0. The van der Waals surface area contributed by atoms with Crippen LogP contribution in [0.4, 0.5) is 4.39 Å². The third-order valence-corrected chi connectivity index (χ3v) is 4.41. The van der Waals surface area contributed by atoms with Gasteiger partial charge in [-0.1, -0.05) is 12.8 Å². The monoisotopic (exact) mass is 280 g/mol. The molecule has 1 aliphatic carbocycles. The molecule has 0 saturated heterocycles. The second-order valence-corrected chi connectivity index (χ2v) is 6.41. The Bertz CT molecular complexity index is 612. The molecule has 0 N–H and O–H groups in total. The second kappa shape index (κ2) is 4.48. The highest BCUT2D eigenvalue weighted by atomic mass is 35.5. The molecule has 0 aliphatic heterocycles. The number of hydrogen-bond donors (Lipinski definition) is 0. The van der Waals surface area contributed by atoms with Crippen LogP contribution in [0.2, 0.25) is 0 Å². The summed E-state index contributed by atoms with van der Waals surface area (Å²) in [6.45, 7) is 4.16. The Balaban J connectivity index is 2.29. The molecule has 1 atom stereocenters. The number of nitrogens with zero attached hydrogens (tertiary/aromatic N) is 2. The van der Waals surface area contributed by atoms with Crippen LogP contribution in [0.15, 0.2) is 18.2 Å². The van der Waals surface area contributed by atoms with Gasteiger partial charge in [0.05, 0.1) is 16.4 Å². The number of rotatable bonds is 2. The summed E-state index contributed by atoms with van der Waals surface area (Å²) >= 11 is 6.28. The van der Waals surface area contributed by atoms with Gasteiger partial charge in [-0.15, -0.1) is 11.6 Å². The fourth-order valence-electron chi connectivity index (χ4n) is 3.26. The molecule has 1 saturated carbocycles. The summed E-state index contributed by atoms with van der Waals surface area (Å²) in [5.41, 5.74) is 1.71. The molecule has 102 valence electrons. The Morgan fingerprint density at radius 1 is 1.37 bits per heavy atom. The average molecular weight is 281 g/mol.